The molecule has 3 aromatic heterocycles. The van der Waals surface area contributed by atoms with Crippen molar-refractivity contribution in [1.29, 1.82) is 0 Å². The van der Waals surface area contributed by atoms with Gasteiger partial charge in [-0.15, -0.1) is 16.4 Å². The van der Waals surface area contributed by atoms with Crippen LogP contribution in [0.25, 0.3) is 10.2 Å². The summed E-state index contributed by atoms with van der Waals surface area (Å²) in [5.41, 5.74) is 1.08. The molecule has 1 saturated heterocycles. The second-order valence-corrected chi connectivity index (χ2v) is 9.15. The van der Waals surface area contributed by atoms with E-state index in [0.717, 1.165) is 42.7 Å². The highest BCUT2D eigenvalue weighted by Gasteiger charge is 2.31. The number of rotatable bonds is 7. The average Bonchev–Trinajstić information content (AvgIpc) is 3.54. The van der Waals surface area contributed by atoms with Crippen LogP contribution in [-0.2, 0) is 11.3 Å². The van der Waals surface area contributed by atoms with E-state index in [9.17, 15) is 0 Å². The van der Waals surface area contributed by atoms with Gasteiger partial charge in [0.2, 0.25) is 0 Å². The van der Waals surface area contributed by atoms with Crippen LogP contribution < -0.4 is 4.90 Å². The Morgan fingerprint density at radius 2 is 1.97 bits per heavy atom. The molecule has 30 heavy (non-hydrogen) atoms. The van der Waals surface area contributed by atoms with Gasteiger partial charge in [-0.25, -0.2) is 9.67 Å². The quantitative estimate of drug-likeness (QED) is 0.437. The summed E-state index contributed by atoms with van der Waals surface area (Å²) in [6.07, 6.45) is 0. The maximum atomic E-state index is 5.23. The van der Waals surface area contributed by atoms with Crippen LogP contribution in [0.3, 0.4) is 0 Å². The number of fused-ring (bicyclic) bond motifs is 1. The number of anilines is 1. The standard InChI is InChI=1S/C20H23N7OS2/c1-28-13-12-27-19(22-23-24-27)18(17-7-4-14-29-17)25-8-10-26(11-9-25)20-21-15-5-2-3-6-16(15)30-20/h2-7,14,18H,8-13H2,1H3/t18-/m1/s1. The minimum atomic E-state index is 0.0503. The third-order valence-electron chi connectivity index (χ3n) is 5.36. The van der Waals surface area contributed by atoms with Crippen molar-refractivity contribution in [3.8, 4) is 0 Å². The summed E-state index contributed by atoms with van der Waals surface area (Å²) >= 11 is 3.52. The Kier molecular flexibility index (Phi) is 5.71. The molecule has 156 valence electrons. The van der Waals surface area contributed by atoms with E-state index in [-0.39, 0.29) is 6.04 Å². The van der Waals surface area contributed by atoms with Gasteiger partial charge in [0.25, 0.3) is 0 Å². The van der Waals surface area contributed by atoms with E-state index in [2.05, 4.69) is 61.0 Å². The van der Waals surface area contributed by atoms with Gasteiger partial charge < -0.3 is 9.64 Å². The van der Waals surface area contributed by atoms with E-state index in [0.29, 0.717) is 13.2 Å². The van der Waals surface area contributed by atoms with Gasteiger partial charge >= 0.3 is 0 Å². The lowest BCUT2D eigenvalue weighted by Gasteiger charge is -2.38. The number of benzene rings is 1. The number of tetrazole rings is 1. The first-order chi connectivity index (χ1) is 14.8. The first kappa shape index (κ1) is 19.6. The Bertz CT molecular complexity index is 1050. The van der Waals surface area contributed by atoms with Gasteiger partial charge in [0, 0.05) is 38.2 Å². The van der Waals surface area contributed by atoms with E-state index in [1.807, 2.05) is 10.7 Å². The van der Waals surface area contributed by atoms with E-state index in [4.69, 9.17) is 9.72 Å². The molecular formula is C20H23N7OS2. The van der Waals surface area contributed by atoms with Crippen molar-refractivity contribution < 1.29 is 4.74 Å². The Labute approximate surface area is 182 Å². The normalized spacial score (nSPS) is 16.4. The zero-order chi connectivity index (χ0) is 20.3. The van der Waals surface area contributed by atoms with Gasteiger partial charge in [-0.2, -0.15) is 0 Å². The van der Waals surface area contributed by atoms with Crippen molar-refractivity contribution in [3.63, 3.8) is 0 Å². The maximum Gasteiger partial charge on any atom is 0.186 e. The van der Waals surface area contributed by atoms with Crippen LogP contribution in [0.2, 0.25) is 0 Å². The Morgan fingerprint density at radius 3 is 2.73 bits per heavy atom. The minimum Gasteiger partial charge on any atom is -0.383 e. The van der Waals surface area contributed by atoms with Gasteiger partial charge in [-0.05, 0) is 34.0 Å². The summed E-state index contributed by atoms with van der Waals surface area (Å²) in [6.45, 7) is 4.95. The highest BCUT2D eigenvalue weighted by molar-refractivity contribution is 7.22. The minimum absolute atomic E-state index is 0.0503. The molecule has 0 bridgehead atoms. The first-order valence-corrected chi connectivity index (χ1v) is 11.7. The van der Waals surface area contributed by atoms with Crippen molar-refractivity contribution in [2.75, 3.05) is 44.8 Å². The fourth-order valence-electron chi connectivity index (χ4n) is 3.83. The van der Waals surface area contributed by atoms with Crippen molar-refractivity contribution in [2.24, 2.45) is 0 Å². The van der Waals surface area contributed by atoms with E-state index in [1.165, 1.54) is 9.58 Å². The first-order valence-electron chi connectivity index (χ1n) is 9.96. The van der Waals surface area contributed by atoms with Crippen LogP contribution in [0.4, 0.5) is 5.13 Å². The van der Waals surface area contributed by atoms with Gasteiger partial charge in [0.15, 0.2) is 11.0 Å². The zero-order valence-electron chi connectivity index (χ0n) is 16.7. The fraction of sp³-hybridized carbons (Fsp3) is 0.400. The van der Waals surface area contributed by atoms with Gasteiger partial charge in [-0.1, -0.05) is 29.5 Å². The molecule has 0 amide bonds. The molecule has 0 N–H and O–H groups in total. The molecule has 1 atom stereocenters. The number of ether oxygens (including phenoxy) is 1. The zero-order valence-corrected chi connectivity index (χ0v) is 18.3. The second-order valence-electron chi connectivity index (χ2n) is 7.16. The molecule has 1 fully saturated rings. The van der Waals surface area contributed by atoms with E-state index >= 15 is 0 Å². The smallest absolute Gasteiger partial charge is 0.186 e. The molecule has 1 aliphatic heterocycles. The molecule has 10 heteroatoms. The molecule has 5 rings (SSSR count). The van der Waals surface area contributed by atoms with Crippen LogP contribution in [0.1, 0.15) is 16.7 Å². The summed E-state index contributed by atoms with van der Waals surface area (Å²) in [5.74, 6) is 0.878. The predicted octanol–water partition coefficient (Wildman–Crippen LogP) is 2.90. The van der Waals surface area contributed by atoms with E-state index in [1.54, 1.807) is 29.8 Å². The van der Waals surface area contributed by atoms with Crippen LogP contribution in [0.15, 0.2) is 41.8 Å². The second kappa shape index (κ2) is 8.76. The average molecular weight is 442 g/mol. The number of methoxy groups -OCH3 is 1. The lowest BCUT2D eigenvalue weighted by atomic mass is 10.1. The van der Waals surface area contributed by atoms with Gasteiger partial charge in [0.1, 0.15) is 6.04 Å². The molecule has 0 aliphatic carbocycles. The summed E-state index contributed by atoms with van der Waals surface area (Å²) in [7, 11) is 1.70. The largest absolute Gasteiger partial charge is 0.383 e. The van der Waals surface area contributed by atoms with Crippen LogP contribution in [-0.4, -0.2) is 70.0 Å². The molecule has 1 aliphatic rings. The highest BCUT2D eigenvalue weighted by atomic mass is 32.1. The molecule has 4 heterocycles. The number of hydrogen-bond donors (Lipinski definition) is 0. The Morgan fingerprint density at radius 1 is 1.10 bits per heavy atom. The van der Waals surface area contributed by atoms with Crippen molar-refractivity contribution in [3.05, 3.63) is 52.5 Å². The third kappa shape index (κ3) is 3.83. The van der Waals surface area contributed by atoms with E-state index < -0.39 is 0 Å². The number of thiazole rings is 1. The predicted molar refractivity (Wildman–Crippen MR) is 119 cm³/mol. The Hall–Kier alpha value is -2.40. The number of nitrogens with zero attached hydrogens (tertiary/aromatic N) is 7. The summed E-state index contributed by atoms with van der Waals surface area (Å²) in [6, 6.07) is 12.6. The highest BCUT2D eigenvalue weighted by Crippen LogP contribution is 2.33. The monoisotopic (exact) mass is 441 g/mol. The lowest BCUT2D eigenvalue weighted by Crippen LogP contribution is -2.48. The third-order valence-corrected chi connectivity index (χ3v) is 7.38. The van der Waals surface area contributed by atoms with Crippen LogP contribution in [0.5, 0.6) is 0 Å². The number of aromatic nitrogens is 5. The topological polar surface area (TPSA) is 72.2 Å². The summed E-state index contributed by atoms with van der Waals surface area (Å²) < 4.78 is 8.34. The van der Waals surface area contributed by atoms with Crippen molar-refractivity contribution in [1.82, 2.24) is 30.1 Å². The van der Waals surface area contributed by atoms with Gasteiger partial charge in [-0.3, -0.25) is 4.90 Å². The molecule has 8 nitrogen and oxygen atoms in total. The Balaban J connectivity index is 1.36. The molecule has 0 unspecified atom stereocenters. The molecule has 0 radical (unpaired) electrons. The number of para-hydroxylation sites is 1. The molecule has 0 saturated carbocycles. The number of piperazine rings is 1. The number of thiophene rings is 1. The lowest BCUT2D eigenvalue weighted by molar-refractivity contribution is 0.172. The van der Waals surface area contributed by atoms with Crippen LogP contribution >= 0.6 is 22.7 Å². The van der Waals surface area contributed by atoms with Crippen molar-refractivity contribution in [2.45, 2.75) is 12.6 Å². The summed E-state index contributed by atoms with van der Waals surface area (Å²) in [4.78, 5) is 11.0. The molecule has 0 spiro atoms. The molecule has 4 aromatic rings. The van der Waals surface area contributed by atoms with Crippen LogP contribution in [0, 0.1) is 0 Å². The fourth-order valence-corrected chi connectivity index (χ4v) is 5.70. The number of hydrogen-bond acceptors (Lipinski definition) is 9. The van der Waals surface area contributed by atoms with Gasteiger partial charge in [0.05, 0.1) is 23.4 Å². The molecular weight excluding hydrogens is 418 g/mol. The van der Waals surface area contributed by atoms with Crippen molar-refractivity contribution >= 4 is 38.0 Å². The molecule has 1 aromatic carbocycles. The SMILES string of the molecule is COCCn1nnnc1[C@@H](c1cccs1)N1CCN(c2nc3ccccc3s2)CC1. The maximum absolute atomic E-state index is 5.23. The summed E-state index contributed by atoms with van der Waals surface area (Å²) in [5, 5.41) is 15.8.